The Morgan fingerprint density at radius 3 is 2.54 bits per heavy atom. The average molecular weight is 320 g/mol. The van der Waals surface area contributed by atoms with Crippen LogP contribution >= 0.6 is 0 Å². The summed E-state index contributed by atoms with van der Waals surface area (Å²) in [5, 5.41) is 4.37. The molecule has 0 radical (unpaired) electrons. The molecule has 0 saturated heterocycles. The van der Waals surface area contributed by atoms with E-state index in [-0.39, 0.29) is 0 Å². The van der Waals surface area contributed by atoms with E-state index >= 15 is 0 Å². The number of anilines is 1. The predicted molar refractivity (Wildman–Crippen MR) is 96.1 cm³/mol. The molecule has 24 heavy (non-hydrogen) atoms. The monoisotopic (exact) mass is 320 g/mol. The molecule has 0 fully saturated rings. The first-order chi connectivity index (χ1) is 11.7. The fourth-order valence-corrected chi connectivity index (χ4v) is 2.62. The van der Waals surface area contributed by atoms with Crippen LogP contribution in [-0.2, 0) is 6.42 Å². The molecule has 1 heterocycles. The van der Waals surface area contributed by atoms with Crippen molar-refractivity contribution in [2.45, 2.75) is 19.8 Å². The lowest BCUT2D eigenvalue weighted by Crippen LogP contribution is -2.10. The van der Waals surface area contributed by atoms with Crippen molar-refractivity contribution in [1.82, 2.24) is 9.97 Å². The first-order valence-electron chi connectivity index (χ1n) is 8.03. The van der Waals surface area contributed by atoms with Gasteiger partial charge in [0.2, 0.25) is 5.91 Å². The summed E-state index contributed by atoms with van der Waals surface area (Å²) in [7, 11) is 0. The molecule has 0 saturated carbocycles. The van der Waals surface area contributed by atoms with Crippen molar-refractivity contribution in [3.63, 3.8) is 0 Å². The van der Waals surface area contributed by atoms with E-state index in [9.17, 15) is 4.79 Å². The van der Waals surface area contributed by atoms with Crippen molar-refractivity contribution in [2.75, 3.05) is 11.9 Å². The number of carbonyl (C=O) groups is 1. The third-order valence-corrected chi connectivity index (χ3v) is 3.89. The molecule has 122 valence electrons. The molecule has 1 amide bonds. The predicted octanol–water partition coefficient (Wildman–Crippen LogP) is 3.14. The van der Waals surface area contributed by atoms with Crippen molar-refractivity contribution >= 4 is 22.6 Å². The second-order valence-electron chi connectivity index (χ2n) is 5.74. The Balaban J connectivity index is 1.88. The highest BCUT2D eigenvalue weighted by atomic mass is 16.1. The van der Waals surface area contributed by atoms with Crippen LogP contribution in [0.3, 0.4) is 0 Å². The van der Waals surface area contributed by atoms with Gasteiger partial charge in [-0.2, -0.15) is 0 Å². The molecule has 0 aliphatic heterocycles. The molecular formula is C19H20N4O. The molecule has 5 nitrogen and oxygen atoms in total. The van der Waals surface area contributed by atoms with E-state index in [4.69, 9.17) is 5.73 Å². The summed E-state index contributed by atoms with van der Waals surface area (Å²) in [6.07, 6.45) is 3.40. The van der Waals surface area contributed by atoms with Gasteiger partial charge < -0.3 is 11.1 Å². The third-order valence-electron chi connectivity index (χ3n) is 3.89. The Morgan fingerprint density at radius 2 is 1.83 bits per heavy atom. The summed E-state index contributed by atoms with van der Waals surface area (Å²) in [5.41, 5.74) is 9.02. The first kappa shape index (κ1) is 15.9. The molecule has 1 aromatic heterocycles. The lowest BCUT2D eigenvalue weighted by Gasteiger charge is -2.09. The zero-order chi connectivity index (χ0) is 16.9. The van der Waals surface area contributed by atoms with Crippen molar-refractivity contribution in [3.05, 3.63) is 65.5 Å². The Labute approximate surface area is 140 Å². The lowest BCUT2D eigenvalue weighted by atomic mass is 10.0. The number of benzene rings is 2. The van der Waals surface area contributed by atoms with E-state index < -0.39 is 5.91 Å². The third kappa shape index (κ3) is 3.51. The Bertz CT molecular complexity index is 859. The number of aromatic nitrogens is 2. The molecule has 3 N–H and O–H groups in total. The molecule has 3 aromatic rings. The zero-order valence-electron chi connectivity index (χ0n) is 13.6. The van der Waals surface area contributed by atoms with Gasteiger partial charge in [0.25, 0.3) is 0 Å². The molecule has 3 rings (SSSR count). The average Bonchev–Trinajstić information content (AvgIpc) is 2.60. The van der Waals surface area contributed by atoms with Crippen LogP contribution in [0.25, 0.3) is 10.9 Å². The largest absolute Gasteiger partial charge is 0.369 e. The number of hydrogen-bond acceptors (Lipinski definition) is 4. The topological polar surface area (TPSA) is 80.9 Å². The highest BCUT2D eigenvalue weighted by Gasteiger charge is 2.06. The molecular weight excluding hydrogens is 300 g/mol. The highest BCUT2D eigenvalue weighted by Crippen LogP contribution is 2.22. The second-order valence-corrected chi connectivity index (χ2v) is 5.74. The van der Waals surface area contributed by atoms with Crippen molar-refractivity contribution < 1.29 is 4.79 Å². The number of carbonyl (C=O) groups excluding carboxylic acids is 1. The van der Waals surface area contributed by atoms with Gasteiger partial charge in [-0.15, -0.1) is 0 Å². The van der Waals surface area contributed by atoms with E-state index in [0.29, 0.717) is 5.56 Å². The maximum atomic E-state index is 11.1. The van der Waals surface area contributed by atoms with E-state index in [1.807, 2.05) is 18.2 Å². The van der Waals surface area contributed by atoms with Gasteiger partial charge in [0.1, 0.15) is 12.1 Å². The SMILES string of the molecule is CCCNc1ncnc2ccc(Cc3ccc(C(N)=O)cc3)cc12. The number of nitrogens with zero attached hydrogens (tertiary/aromatic N) is 2. The molecule has 0 bridgehead atoms. The quantitative estimate of drug-likeness (QED) is 0.731. The molecule has 5 heteroatoms. The highest BCUT2D eigenvalue weighted by molar-refractivity contribution is 5.92. The second kappa shape index (κ2) is 7.08. The van der Waals surface area contributed by atoms with E-state index in [1.165, 1.54) is 5.56 Å². The molecule has 0 unspecified atom stereocenters. The van der Waals surface area contributed by atoms with E-state index in [2.05, 4.69) is 34.3 Å². The molecule has 0 aliphatic rings. The number of nitrogens with one attached hydrogen (secondary N) is 1. The van der Waals surface area contributed by atoms with Crippen LogP contribution in [0.5, 0.6) is 0 Å². The van der Waals surface area contributed by atoms with Gasteiger partial charge in [0.05, 0.1) is 5.52 Å². The van der Waals surface area contributed by atoms with Gasteiger partial charge in [-0.1, -0.05) is 25.1 Å². The maximum Gasteiger partial charge on any atom is 0.248 e. The summed E-state index contributed by atoms with van der Waals surface area (Å²) in [5.74, 6) is 0.462. The number of fused-ring (bicyclic) bond motifs is 1. The van der Waals surface area contributed by atoms with Crippen LogP contribution in [0.2, 0.25) is 0 Å². The van der Waals surface area contributed by atoms with Crippen molar-refractivity contribution in [2.24, 2.45) is 5.73 Å². The number of amides is 1. The lowest BCUT2D eigenvalue weighted by molar-refractivity contribution is 0.100. The van der Waals surface area contributed by atoms with Crippen LogP contribution in [0.4, 0.5) is 5.82 Å². The summed E-state index contributed by atoms with van der Waals surface area (Å²) < 4.78 is 0. The van der Waals surface area contributed by atoms with E-state index in [0.717, 1.165) is 41.7 Å². The Morgan fingerprint density at radius 1 is 1.08 bits per heavy atom. The summed E-state index contributed by atoms with van der Waals surface area (Å²) in [6.45, 7) is 3.00. The summed E-state index contributed by atoms with van der Waals surface area (Å²) >= 11 is 0. The van der Waals surface area contributed by atoms with Gasteiger partial charge in [-0.05, 0) is 48.2 Å². The van der Waals surface area contributed by atoms with Crippen molar-refractivity contribution in [3.8, 4) is 0 Å². The van der Waals surface area contributed by atoms with Crippen molar-refractivity contribution in [1.29, 1.82) is 0 Å². The van der Waals surface area contributed by atoms with Crippen LogP contribution in [0.1, 0.15) is 34.8 Å². The van der Waals surface area contributed by atoms with Crippen LogP contribution in [-0.4, -0.2) is 22.4 Å². The Hall–Kier alpha value is -2.95. The molecule has 0 aliphatic carbocycles. The van der Waals surface area contributed by atoms with E-state index in [1.54, 1.807) is 18.5 Å². The fraction of sp³-hybridized carbons (Fsp3) is 0.211. The minimum atomic E-state index is -0.406. The van der Waals surface area contributed by atoms with Gasteiger partial charge >= 0.3 is 0 Å². The number of nitrogens with two attached hydrogens (primary N) is 1. The number of rotatable bonds is 6. The first-order valence-corrected chi connectivity index (χ1v) is 8.03. The fourth-order valence-electron chi connectivity index (χ4n) is 2.62. The molecule has 2 aromatic carbocycles. The molecule has 0 atom stereocenters. The van der Waals surface area contributed by atoms with Gasteiger partial charge in [-0.3, -0.25) is 4.79 Å². The van der Waals surface area contributed by atoms with Crippen LogP contribution in [0.15, 0.2) is 48.8 Å². The number of hydrogen-bond donors (Lipinski definition) is 2. The van der Waals surface area contributed by atoms with Crippen LogP contribution < -0.4 is 11.1 Å². The summed E-state index contributed by atoms with van der Waals surface area (Å²) in [6, 6.07) is 13.6. The minimum Gasteiger partial charge on any atom is -0.369 e. The summed E-state index contributed by atoms with van der Waals surface area (Å²) in [4.78, 5) is 19.8. The van der Waals surface area contributed by atoms with Gasteiger partial charge in [0, 0.05) is 17.5 Å². The Kier molecular flexibility index (Phi) is 4.70. The smallest absolute Gasteiger partial charge is 0.248 e. The molecule has 0 spiro atoms. The number of primary amides is 1. The minimum absolute atomic E-state index is 0.406. The maximum absolute atomic E-state index is 11.1. The normalized spacial score (nSPS) is 10.7. The van der Waals surface area contributed by atoms with Gasteiger partial charge in [-0.25, -0.2) is 9.97 Å². The standard InChI is InChI=1S/C19H20N4O/c1-2-9-21-19-16-11-14(5-8-17(16)22-12-23-19)10-13-3-6-15(7-4-13)18(20)24/h3-8,11-12H,2,9-10H2,1H3,(H2,20,24)(H,21,22,23). The van der Waals surface area contributed by atoms with Gasteiger partial charge in [0.15, 0.2) is 0 Å². The van der Waals surface area contributed by atoms with Crippen LogP contribution in [0, 0.1) is 0 Å². The zero-order valence-corrected chi connectivity index (χ0v) is 13.6.